The molecule has 0 spiro atoms. The van der Waals surface area contributed by atoms with Gasteiger partial charge in [0.25, 0.3) is 0 Å². The summed E-state index contributed by atoms with van der Waals surface area (Å²) >= 11 is 0. The van der Waals surface area contributed by atoms with Crippen LogP contribution >= 0.6 is 0 Å². The normalized spacial score (nSPS) is 20.2. The van der Waals surface area contributed by atoms with Gasteiger partial charge in [-0.05, 0) is 50.8 Å². The minimum Gasteiger partial charge on any atom is -0.361 e. The molecule has 0 unspecified atom stereocenters. The summed E-state index contributed by atoms with van der Waals surface area (Å²) in [6.07, 6.45) is 4.38. The molecule has 3 amide bonds. The largest absolute Gasteiger partial charge is 0.361 e. The first kappa shape index (κ1) is 17.6. The van der Waals surface area contributed by atoms with Gasteiger partial charge in [0.2, 0.25) is 5.91 Å². The van der Waals surface area contributed by atoms with Gasteiger partial charge in [0.05, 0.1) is 6.04 Å². The van der Waals surface area contributed by atoms with Crippen molar-refractivity contribution in [1.29, 1.82) is 0 Å². The van der Waals surface area contributed by atoms with Gasteiger partial charge in [0.15, 0.2) is 0 Å². The number of piperidine rings is 1. The zero-order chi connectivity index (χ0) is 18.8. The predicted octanol–water partition coefficient (Wildman–Crippen LogP) is 3.87. The van der Waals surface area contributed by atoms with Gasteiger partial charge in [0.1, 0.15) is 11.5 Å². The van der Waals surface area contributed by atoms with E-state index in [1.165, 1.54) is 0 Å². The van der Waals surface area contributed by atoms with Crippen molar-refractivity contribution in [1.82, 2.24) is 10.1 Å². The molecule has 2 saturated heterocycles. The van der Waals surface area contributed by atoms with Crippen LogP contribution in [0.2, 0.25) is 0 Å². The van der Waals surface area contributed by atoms with Crippen LogP contribution in [-0.4, -0.2) is 35.1 Å². The van der Waals surface area contributed by atoms with Crippen molar-refractivity contribution in [3.63, 3.8) is 0 Å². The topological polar surface area (TPSA) is 78.7 Å². The molecule has 7 heteroatoms. The molecule has 2 aliphatic heterocycles. The van der Waals surface area contributed by atoms with E-state index in [4.69, 9.17) is 4.52 Å². The number of urea groups is 1. The van der Waals surface area contributed by atoms with Crippen LogP contribution in [0.5, 0.6) is 0 Å². The number of carbonyl (C=O) groups excluding carboxylic acids is 2. The number of carbonyl (C=O) groups is 2. The Morgan fingerprint density at radius 2 is 2.11 bits per heavy atom. The van der Waals surface area contributed by atoms with E-state index in [0.717, 1.165) is 49.4 Å². The second-order valence-corrected chi connectivity index (χ2v) is 7.20. The number of aryl methyl sites for hydroxylation is 1. The Kier molecular flexibility index (Phi) is 4.83. The number of hydrogen-bond donors (Lipinski definition) is 1. The first-order valence-electron chi connectivity index (χ1n) is 9.53. The molecule has 4 rings (SSSR count). The number of likely N-dealkylation sites (tertiary alicyclic amines) is 1. The molecule has 0 saturated carbocycles. The fraction of sp³-hybridized carbons (Fsp3) is 0.450. The lowest BCUT2D eigenvalue weighted by Gasteiger charge is -2.34. The van der Waals surface area contributed by atoms with E-state index in [-0.39, 0.29) is 18.0 Å². The number of benzene rings is 1. The van der Waals surface area contributed by atoms with Crippen LogP contribution in [0.25, 0.3) is 0 Å². The van der Waals surface area contributed by atoms with Crippen LogP contribution in [0.1, 0.15) is 49.6 Å². The van der Waals surface area contributed by atoms with Gasteiger partial charge < -0.3 is 19.6 Å². The van der Waals surface area contributed by atoms with E-state index in [0.29, 0.717) is 18.7 Å². The number of rotatable bonds is 3. The smallest absolute Gasteiger partial charge is 0.322 e. The van der Waals surface area contributed by atoms with Crippen molar-refractivity contribution in [3.05, 3.63) is 41.8 Å². The van der Waals surface area contributed by atoms with Gasteiger partial charge in [-0.3, -0.25) is 4.79 Å². The van der Waals surface area contributed by atoms with E-state index in [9.17, 15) is 9.59 Å². The Morgan fingerprint density at radius 1 is 1.22 bits per heavy atom. The van der Waals surface area contributed by atoms with Crippen LogP contribution in [-0.2, 0) is 4.79 Å². The average Bonchev–Trinajstić information content (AvgIpc) is 3.30. The van der Waals surface area contributed by atoms with Gasteiger partial charge in [-0.15, -0.1) is 0 Å². The summed E-state index contributed by atoms with van der Waals surface area (Å²) in [5, 5.41) is 7.10. The van der Waals surface area contributed by atoms with Gasteiger partial charge in [-0.2, -0.15) is 0 Å². The quantitative estimate of drug-likeness (QED) is 0.892. The van der Waals surface area contributed by atoms with Crippen molar-refractivity contribution < 1.29 is 14.1 Å². The van der Waals surface area contributed by atoms with Crippen molar-refractivity contribution in [2.24, 2.45) is 0 Å². The molecule has 2 fully saturated rings. The average molecular weight is 368 g/mol. The zero-order valence-corrected chi connectivity index (χ0v) is 15.5. The van der Waals surface area contributed by atoms with E-state index >= 15 is 0 Å². The lowest BCUT2D eigenvalue weighted by molar-refractivity contribution is -0.117. The maximum atomic E-state index is 12.9. The zero-order valence-electron chi connectivity index (χ0n) is 15.5. The Bertz CT molecular complexity index is 847. The molecule has 2 aliphatic rings. The first-order chi connectivity index (χ1) is 13.1. The third-order valence-electron chi connectivity index (χ3n) is 5.23. The van der Waals surface area contributed by atoms with Crippen LogP contribution in [0, 0.1) is 6.92 Å². The standard InChI is InChI=1S/C20H24N4O3/c1-14-12-17(22-27-14)18-8-2-3-10-24(18)20(26)21-15-6-4-7-16(13-15)23-11-5-9-19(23)25/h4,6-7,12-13,18H,2-3,5,8-11H2,1H3,(H,21,26)/t18-/m1/s1. The minimum absolute atomic E-state index is 0.0699. The van der Waals surface area contributed by atoms with Crippen molar-refractivity contribution in [3.8, 4) is 0 Å². The summed E-state index contributed by atoms with van der Waals surface area (Å²) in [5.74, 6) is 0.884. The Morgan fingerprint density at radius 3 is 2.85 bits per heavy atom. The summed E-state index contributed by atoms with van der Waals surface area (Å²) < 4.78 is 5.20. The number of aromatic nitrogens is 1. The number of amides is 3. The Balaban J connectivity index is 1.50. The molecule has 27 heavy (non-hydrogen) atoms. The van der Waals surface area contributed by atoms with Crippen molar-refractivity contribution >= 4 is 23.3 Å². The first-order valence-corrected chi connectivity index (χ1v) is 9.53. The highest BCUT2D eigenvalue weighted by atomic mass is 16.5. The Labute approximate surface area is 158 Å². The number of nitrogens with one attached hydrogen (secondary N) is 1. The number of nitrogens with zero attached hydrogens (tertiary/aromatic N) is 3. The molecule has 0 bridgehead atoms. The van der Waals surface area contributed by atoms with Crippen LogP contribution in [0.15, 0.2) is 34.9 Å². The third-order valence-corrected chi connectivity index (χ3v) is 5.23. The summed E-state index contributed by atoms with van der Waals surface area (Å²) in [4.78, 5) is 28.5. The summed E-state index contributed by atoms with van der Waals surface area (Å²) in [6, 6.07) is 9.16. The molecule has 1 aromatic carbocycles. The fourth-order valence-corrected chi connectivity index (χ4v) is 3.89. The summed E-state index contributed by atoms with van der Waals surface area (Å²) in [5.41, 5.74) is 2.33. The fourth-order valence-electron chi connectivity index (χ4n) is 3.89. The maximum Gasteiger partial charge on any atom is 0.322 e. The molecule has 1 N–H and O–H groups in total. The monoisotopic (exact) mass is 368 g/mol. The molecule has 0 aliphatic carbocycles. The molecule has 7 nitrogen and oxygen atoms in total. The molecule has 142 valence electrons. The predicted molar refractivity (Wildman–Crippen MR) is 102 cm³/mol. The minimum atomic E-state index is -0.148. The van der Waals surface area contributed by atoms with E-state index in [1.54, 1.807) is 4.90 Å². The van der Waals surface area contributed by atoms with Crippen LogP contribution in [0.3, 0.4) is 0 Å². The van der Waals surface area contributed by atoms with Crippen LogP contribution < -0.4 is 10.2 Å². The third kappa shape index (κ3) is 3.67. The number of hydrogen-bond acceptors (Lipinski definition) is 4. The molecule has 1 atom stereocenters. The molecular weight excluding hydrogens is 344 g/mol. The molecule has 1 aromatic heterocycles. The SMILES string of the molecule is Cc1cc([C@H]2CCCCN2C(=O)Nc2cccc(N3CCCC3=O)c2)no1. The highest BCUT2D eigenvalue weighted by molar-refractivity contribution is 5.96. The maximum absolute atomic E-state index is 12.9. The van der Waals surface area contributed by atoms with Crippen LogP contribution in [0.4, 0.5) is 16.2 Å². The molecule has 0 radical (unpaired) electrons. The highest BCUT2D eigenvalue weighted by Gasteiger charge is 2.30. The summed E-state index contributed by atoms with van der Waals surface area (Å²) in [6.45, 7) is 3.28. The van der Waals surface area contributed by atoms with Gasteiger partial charge >= 0.3 is 6.03 Å². The van der Waals surface area contributed by atoms with E-state index < -0.39 is 0 Å². The molecule has 3 heterocycles. The number of anilines is 2. The highest BCUT2D eigenvalue weighted by Crippen LogP contribution is 2.31. The lowest BCUT2D eigenvalue weighted by Crippen LogP contribution is -2.41. The van der Waals surface area contributed by atoms with Crippen molar-refractivity contribution in [2.75, 3.05) is 23.3 Å². The molecular formula is C20H24N4O3. The molecule has 2 aromatic rings. The van der Waals surface area contributed by atoms with Gasteiger partial charge in [-0.1, -0.05) is 11.2 Å². The second-order valence-electron chi connectivity index (χ2n) is 7.20. The second kappa shape index (κ2) is 7.42. The van der Waals surface area contributed by atoms with E-state index in [1.807, 2.05) is 42.2 Å². The van der Waals surface area contributed by atoms with E-state index in [2.05, 4.69) is 10.5 Å². The van der Waals surface area contributed by atoms with Gasteiger partial charge in [-0.25, -0.2) is 4.79 Å². The van der Waals surface area contributed by atoms with Crippen molar-refractivity contribution in [2.45, 2.75) is 45.1 Å². The Hall–Kier alpha value is -2.83. The summed E-state index contributed by atoms with van der Waals surface area (Å²) in [7, 11) is 0. The van der Waals surface area contributed by atoms with Gasteiger partial charge in [0, 0.05) is 37.0 Å². The lowest BCUT2D eigenvalue weighted by atomic mass is 9.99.